The van der Waals surface area contributed by atoms with Gasteiger partial charge in [0, 0.05) is 0 Å². The topological polar surface area (TPSA) is 9.23 Å². The van der Waals surface area contributed by atoms with Gasteiger partial charge in [-0.1, -0.05) is 0 Å². The molecule has 0 fully saturated rings. The summed E-state index contributed by atoms with van der Waals surface area (Å²) in [4.78, 5) is 0. The van der Waals surface area contributed by atoms with E-state index < -0.39 is 6.83 Å². The fourth-order valence-corrected chi connectivity index (χ4v) is 11.6. The van der Waals surface area contributed by atoms with Crippen molar-refractivity contribution in [2.75, 3.05) is 0 Å². The van der Waals surface area contributed by atoms with Crippen molar-refractivity contribution in [2.45, 2.75) is 33.3 Å². The van der Waals surface area contributed by atoms with Crippen molar-refractivity contribution in [3.63, 3.8) is 0 Å². The molecule has 0 aromatic heterocycles. The molecule has 0 N–H and O–H groups in total. The maximum atomic E-state index is 7.69. The van der Waals surface area contributed by atoms with Crippen molar-refractivity contribution < 1.29 is 4.52 Å². The monoisotopic (exact) mass is 524 g/mol. The minimum absolute atomic E-state index is 0.226. The summed E-state index contributed by atoms with van der Waals surface area (Å²) in [6.45, 7) is 6.93. The maximum absolute atomic E-state index is 7.69. The summed E-state index contributed by atoms with van der Waals surface area (Å²) in [5, 5.41) is 5.60. The second kappa shape index (κ2) is 10.1. The van der Waals surface area contributed by atoms with Crippen LogP contribution in [0.2, 0.25) is 5.02 Å². The molecule has 5 rings (SSSR count). The van der Waals surface area contributed by atoms with Crippen molar-refractivity contribution in [2.24, 2.45) is 5.92 Å². The first kappa shape index (κ1) is 25.7. The van der Waals surface area contributed by atoms with Crippen LogP contribution in [0, 0.1) is 19.8 Å². The summed E-state index contributed by atoms with van der Waals surface area (Å²) in [5.74, 6) is 0.492. The Hall–Kier alpha value is -2.96. The molecule has 37 heavy (non-hydrogen) atoms. The van der Waals surface area contributed by atoms with Crippen LogP contribution in [0.4, 0.5) is 0 Å². The van der Waals surface area contributed by atoms with Gasteiger partial charge in [-0.15, -0.1) is 0 Å². The van der Waals surface area contributed by atoms with Crippen molar-refractivity contribution in [1.29, 1.82) is 0 Å². The molecule has 2 atom stereocenters. The van der Waals surface area contributed by atoms with Gasteiger partial charge in [0.05, 0.1) is 0 Å². The van der Waals surface area contributed by atoms with Gasteiger partial charge in [-0.05, 0) is 0 Å². The van der Waals surface area contributed by atoms with Crippen molar-refractivity contribution in [3.05, 3.63) is 154 Å². The molecule has 188 valence electrons. The molecule has 0 saturated heterocycles. The van der Waals surface area contributed by atoms with Crippen molar-refractivity contribution in [3.8, 4) is 0 Å². The average Bonchev–Trinajstić information content (AvgIpc) is 3.26. The van der Waals surface area contributed by atoms with Gasteiger partial charge in [0.1, 0.15) is 0 Å². The van der Waals surface area contributed by atoms with E-state index in [1.54, 1.807) is 0 Å². The van der Waals surface area contributed by atoms with E-state index in [-0.39, 0.29) is 6.10 Å². The molecule has 0 spiro atoms. The molecule has 2 unspecified atom stereocenters. The van der Waals surface area contributed by atoms with Gasteiger partial charge in [0.25, 0.3) is 0 Å². The van der Waals surface area contributed by atoms with Gasteiger partial charge < -0.3 is 0 Å². The Morgan fingerprint density at radius 2 is 1.49 bits per heavy atom. The third-order valence-corrected chi connectivity index (χ3v) is 13.6. The molecule has 0 amide bonds. The Morgan fingerprint density at radius 3 is 2.00 bits per heavy atom. The summed E-state index contributed by atoms with van der Waals surface area (Å²) >= 11 is 6.27. The molecule has 0 saturated carbocycles. The summed E-state index contributed by atoms with van der Waals surface area (Å²) in [7, 11) is 0. The molecule has 2 aliphatic rings. The van der Waals surface area contributed by atoms with E-state index in [9.17, 15) is 0 Å². The molecule has 0 radical (unpaired) electrons. The molecule has 3 heteroatoms. The zero-order valence-corrected chi connectivity index (χ0v) is 23.4. The van der Waals surface area contributed by atoms with E-state index in [1.807, 2.05) is 24.3 Å². The molecule has 1 aliphatic heterocycles. The third kappa shape index (κ3) is 4.20. The standard InChI is InChI=1S/C34H34ClOP/c1-5-6-7-33-24-34(28-14-16-29(35)17-15-28)36-37(33,30-18-8-25(2)9-19-30,31-20-10-26(3)11-21-31)32-22-12-27(4)13-23-32/h5-12,14-24,27,34H,1,13H2,2-4H3. The van der Waals surface area contributed by atoms with Crippen LogP contribution in [0.15, 0.2) is 133 Å². The number of hydrogen-bond acceptors (Lipinski definition) is 1. The number of halogens is 1. The van der Waals surface area contributed by atoms with Crippen LogP contribution in [0.3, 0.4) is 0 Å². The summed E-state index contributed by atoms with van der Waals surface area (Å²) in [6, 6.07) is 26.0. The molecule has 1 heterocycles. The molecule has 3 aromatic rings. The first-order valence-corrected chi connectivity index (χ1v) is 15.4. The summed E-state index contributed by atoms with van der Waals surface area (Å²) in [5.41, 5.74) is 3.55. The van der Waals surface area contributed by atoms with Crippen LogP contribution in [-0.2, 0) is 4.52 Å². The Morgan fingerprint density at radius 1 is 0.892 bits per heavy atom. The van der Waals surface area contributed by atoms with Crippen LogP contribution < -0.4 is 10.6 Å². The Labute approximate surface area is 226 Å². The second-order valence-corrected chi connectivity index (χ2v) is 15.0. The van der Waals surface area contributed by atoms with E-state index in [2.05, 4.69) is 118 Å². The van der Waals surface area contributed by atoms with Crippen LogP contribution >= 0.6 is 18.4 Å². The van der Waals surface area contributed by atoms with E-state index in [0.717, 1.165) is 17.0 Å². The minimum atomic E-state index is -3.60. The third-order valence-electron chi connectivity index (χ3n) is 7.58. The van der Waals surface area contributed by atoms with E-state index in [4.69, 9.17) is 16.1 Å². The van der Waals surface area contributed by atoms with E-state index in [0.29, 0.717) is 5.92 Å². The molecule has 1 nitrogen and oxygen atoms in total. The first-order valence-electron chi connectivity index (χ1n) is 12.9. The van der Waals surface area contributed by atoms with E-state index in [1.165, 1.54) is 32.4 Å². The predicted molar refractivity (Wildman–Crippen MR) is 162 cm³/mol. The van der Waals surface area contributed by atoms with Crippen LogP contribution in [0.5, 0.6) is 0 Å². The van der Waals surface area contributed by atoms with Crippen LogP contribution in [0.1, 0.15) is 36.1 Å². The van der Waals surface area contributed by atoms with Crippen molar-refractivity contribution >= 4 is 29.0 Å². The Kier molecular flexibility index (Phi) is 6.99. The number of hydrogen-bond donors (Lipinski definition) is 0. The fourth-order valence-electron chi connectivity index (χ4n) is 5.56. The van der Waals surface area contributed by atoms with Crippen LogP contribution in [0.25, 0.3) is 0 Å². The van der Waals surface area contributed by atoms with Crippen LogP contribution in [-0.4, -0.2) is 0 Å². The molecule has 0 bridgehead atoms. The van der Waals surface area contributed by atoms with Gasteiger partial charge in [-0.25, -0.2) is 0 Å². The normalized spacial score (nSPS) is 23.2. The number of rotatable bonds is 6. The molecule has 3 aromatic carbocycles. The summed E-state index contributed by atoms with van der Waals surface area (Å²) < 4.78 is 7.69. The molecular formula is C34H34ClOP. The second-order valence-electron chi connectivity index (χ2n) is 10.2. The summed E-state index contributed by atoms with van der Waals surface area (Å²) in [6.07, 6.45) is 16.2. The van der Waals surface area contributed by atoms with Gasteiger partial charge in [-0.3, -0.25) is 0 Å². The van der Waals surface area contributed by atoms with E-state index >= 15 is 0 Å². The van der Waals surface area contributed by atoms with Gasteiger partial charge in [0.15, 0.2) is 0 Å². The molecule has 1 aliphatic carbocycles. The zero-order valence-electron chi connectivity index (χ0n) is 21.8. The predicted octanol–water partition coefficient (Wildman–Crippen LogP) is 9.25. The number of allylic oxidation sites excluding steroid dienone is 8. The number of benzene rings is 3. The zero-order chi connectivity index (χ0) is 26.1. The van der Waals surface area contributed by atoms with Crippen molar-refractivity contribution in [1.82, 2.24) is 0 Å². The fraction of sp³-hybridized carbons (Fsp3) is 0.176. The van der Waals surface area contributed by atoms with Gasteiger partial charge >= 0.3 is 227 Å². The molecular weight excluding hydrogens is 491 g/mol. The average molecular weight is 525 g/mol. The SMILES string of the molecule is C=CC=CC1=CC(c2ccc(Cl)cc2)OP1(C1=CCC(C)C=C1)(c1ccc(C)cc1)c1ccc(C)cc1. The Balaban J connectivity index is 1.91. The Bertz CT molecular complexity index is 1380. The first-order chi connectivity index (χ1) is 17.9. The van der Waals surface area contributed by atoms with Gasteiger partial charge in [-0.2, -0.15) is 0 Å². The number of aryl methyl sites for hydroxylation is 2. The quantitative estimate of drug-likeness (QED) is 0.230. The van der Waals surface area contributed by atoms with Gasteiger partial charge in [0.2, 0.25) is 0 Å².